The van der Waals surface area contributed by atoms with Crippen molar-refractivity contribution in [3.8, 4) is 5.75 Å². The van der Waals surface area contributed by atoms with Gasteiger partial charge in [0, 0.05) is 13.5 Å². The lowest BCUT2D eigenvalue weighted by Crippen LogP contribution is -2.46. The second-order valence-corrected chi connectivity index (χ2v) is 4.31. The number of para-hydroxylation sites is 1. The first-order chi connectivity index (χ1) is 9.59. The van der Waals surface area contributed by atoms with Gasteiger partial charge in [-0.25, -0.2) is 4.79 Å². The number of benzene rings is 1. The van der Waals surface area contributed by atoms with Crippen LogP contribution in [0.4, 0.5) is 0 Å². The van der Waals surface area contributed by atoms with Crippen LogP contribution < -0.4 is 15.4 Å². The van der Waals surface area contributed by atoms with Crippen molar-refractivity contribution in [1.29, 1.82) is 0 Å². The smallest absolute Gasteiger partial charge is 0.327 e. The van der Waals surface area contributed by atoms with Gasteiger partial charge in [0.15, 0.2) is 0 Å². The van der Waals surface area contributed by atoms with Crippen molar-refractivity contribution in [2.24, 2.45) is 0 Å². The van der Waals surface area contributed by atoms with Crippen LogP contribution in [0.25, 0.3) is 0 Å². The van der Waals surface area contributed by atoms with Gasteiger partial charge < -0.3 is 20.5 Å². The Balaban J connectivity index is 2.11. The molecule has 0 aliphatic carbocycles. The minimum absolute atomic E-state index is 0.195. The number of nitrogens with one attached hydrogen (secondary N) is 2. The third-order valence-corrected chi connectivity index (χ3v) is 2.53. The Morgan fingerprint density at radius 2 is 2.00 bits per heavy atom. The molecular formula is C14H20N2O4. The largest absolute Gasteiger partial charge is 0.494 e. The number of hydrogen-bond acceptors (Lipinski definition) is 4. The normalized spacial score (nSPS) is 11.7. The fraction of sp³-hybridized carbons (Fsp3) is 0.429. The monoisotopic (exact) mass is 280 g/mol. The quantitative estimate of drug-likeness (QED) is 0.578. The van der Waals surface area contributed by atoms with Crippen LogP contribution in [-0.4, -0.2) is 42.7 Å². The number of carbonyl (C=O) groups is 2. The average Bonchev–Trinajstić information content (AvgIpc) is 2.41. The molecular weight excluding hydrogens is 260 g/mol. The molecule has 0 saturated heterocycles. The van der Waals surface area contributed by atoms with Crippen LogP contribution in [-0.2, 0) is 9.59 Å². The zero-order valence-electron chi connectivity index (χ0n) is 11.5. The van der Waals surface area contributed by atoms with E-state index in [-0.39, 0.29) is 12.5 Å². The van der Waals surface area contributed by atoms with Crippen molar-refractivity contribution in [1.82, 2.24) is 10.6 Å². The molecule has 1 atom stereocenters. The van der Waals surface area contributed by atoms with Crippen molar-refractivity contribution >= 4 is 11.9 Å². The molecule has 1 unspecified atom stereocenters. The second-order valence-electron chi connectivity index (χ2n) is 4.31. The number of carboxylic acid groups (broad SMARTS) is 1. The minimum Gasteiger partial charge on any atom is -0.494 e. The van der Waals surface area contributed by atoms with E-state index in [1.165, 1.54) is 6.92 Å². The summed E-state index contributed by atoms with van der Waals surface area (Å²) >= 11 is 0. The van der Waals surface area contributed by atoms with E-state index in [1.807, 2.05) is 30.3 Å². The molecule has 0 aliphatic rings. The third-order valence-electron chi connectivity index (χ3n) is 2.53. The molecule has 0 spiro atoms. The molecule has 1 amide bonds. The first-order valence-corrected chi connectivity index (χ1v) is 6.48. The summed E-state index contributed by atoms with van der Waals surface area (Å²) < 4.78 is 5.50. The maximum atomic E-state index is 10.9. The van der Waals surface area contributed by atoms with E-state index in [1.54, 1.807) is 0 Å². The molecule has 20 heavy (non-hydrogen) atoms. The van der Waals surface area contributed by atoms with Crippen molar-refractivity contribution in [3.63, 3.8) is 0 Å². The first kappa shape index (κ1) is 16.0. The maximum absolute atomic E-state index is 10.9. The molecule has 110 valence electrons. The van der Waals surface area contributed by atoms with Gasteiger partial charge in [-0.1, -0.05) is 18.2 Å². The SMILES string of the molecule is CC(=O)NC(CNCCCOc1ccccc1)C(=O)O. The minimum atomic E-state index is -1.05. The Morgan fingerprint density at radius 1 is 1.30 bits per heavy atom. The fourth-order valence-corrected chi connectivity index (χ4v) is 1.60. The topological polar surface area (TPSA) is 87.7 Å². The van der Waals surface area contributed by atoms with Crippen LogP contribution in [0.5, 0.6) is 5.75 Å². The lowest BCUT2D eigenvalue weighted by Gasteiger charge is -2.14. The average molecular weight is 280 g/mol. The van der Waals surface area contributed by atoms with Crippen molar-refractivity contribution in [2.45, 2.75) is 19.4 Å². The van der Waals surface area contributed by atoms with Crippen LogP contribution in [0.15, 0.2) is 30.3 Å². The molecule has 0 aliphatic heterocycles. The Labute approximate surface area is 118 Å². The van der Waals surface area contributed by atoms with Gasteiger partial charge in [0.25, 0.3) is 0 Å². The summed E-state index contributed by atoms with van der Waals surface area (Å²) in [4.78, 5) is 21.7. The lowest BCUT2D eigenvalue weighted by atomic mass is 10.3. The molecule has 0 saturated carbocycles. The summed E-state index contributed by atoms with van der Waals surface area (Å²) in [6.45, 7) is 2.66. The van der Waals surface area contributed by atoms with Crippen LogP contribution in [0, 0.1) is 0 Å². The second kappa shape index (κ2) is 8.92. The van der Waals surface area contributed by atoms with E-state index in [0.29, 0.717) is 13.2 Å². The lowest BCUT2D eigenvalue weighted by molar-refractivity contribution is -0.141. The molecule has 3 N–H and O–H groups in total. The number of carbonyl (C=O) groups excluding carboxylic acids is 1. The van der Waals surface area contributed by atoms with Crippen LogP contribution in [0.2, 0.25) is 0 Å². The number of hydrogen-bond donors (Lipinski definition) is 3. The molecule has 0 radical (unpaired) electrons. The summed E-state index contributed by atoms with van der Waals surface area (Å²) in [7, 11) is 0. The highest BCUT2D eigenvalue weighted by Crippen LogP contribution is 2.07. The highest BCUT2D eigenvalue weighted by atomic mass is 16.5. The zero-order chi connectivity index (χ0) is 14.8. The molecule has 1 rings (SSSR count). The van der Waals surface area contributed by atoms with Gasteiger partial charge in [-0.3, -0.25) is 4.79 Å². The van der Waals surface area contributed by atoms with Gasteiger partial charge in [-0.05, 0) is 25.1 Å². The van der Waals surface area contributed by atoms with Crippen molar-refractivity contribution in [2.75, 3.05) is 19.7 Å². The Morgan fingerprint density at radius 3 is 2.60 bits per heavy atom. The Hall–Kier alpha value is -2.08. The van der Waals surface area contributed by atoms with Crippen molar-refractivity contribution < 1.29 is 19.4 Å². The third kappa shape index (κ3) is 6.75. The predicted octanol–water partition coefficient (Wildman–Crippen LogP) is 0.634. The first-order valence-electron chi connectivity index (χ1n) is 6.48. The summed E-state index contributed by atoms with van der Waals surface area (Å²) in [5, 5.41) is 14.2. The van der Waals surface area contributed by atoms with E-state index < -0.39 is 12.0 Å². The number of rotatable bonds is 9. The number of carboxylic acids is 1. The Bertz CT molecular complexity index is 422. The highest BCUT2D eigenvalue weighted by Gasteiger charge is 2.17. The maximum Gasteiger partial charge on any atom is 0.327 e. The molecule has 1 aromatic rings. The molecule has 6 heteroatoms. The van der Waals surface area contributed by atoms with E-state index in [9.17, 15) is 9.59 Å². The number of amides is 1. The predicted molar refractivity (Wildman–Crippen MR) is 74.7 cm³/mol. The van der Waals surface area contributed by atoms with Gasteiger partial charge in [-0.15, -0.1) is 0 Å². The summed E-state index contributed by atoms with van der Waals surface area (Å²) in [6, 6.07) is 8.58. The molecule has 0 heterocycles. The summed E-state index contributed by atoms with van der Waals surface area (Å²) in [6.07, 6.45) is 0.751. The summed E-state index contributed by atoms with van der Waals surface area (Å²) in [5.41, 5.74) is 0. The van der Waals surface area contributed by atoms with E-state index >= 15 is 0 Å². The number of aliphatic carboxylic acids is 1. The molecule has 1 aromatic carbocycles. The Kier molecular flexibility index (Phi) is 7.13. The van der Waals surface area contributed by atoms with Crippen LogP contribution in [0.3, 0.4) is 0 Å². The standard InChI is InChI=1S/C14H20N2O4/c1-11(17)16-13(14(18)19)10-15-8-5-9-20-12-6-3-2-4-7-12/h2-4,6-7,13,15H,5,8-10H2,1H3,(H,16,17)(H,18,19). The molecule has 6 nitrogen and oxygen atoms in total. The molecule has 0 bridgehead atoms. The van der Waals surface area contributed by atoms with E-state index in [4.69, 9.17) is 9.84 Å². The van der Waals surface area contributed by atoms with Crippen molar-refractivity contribution in [3.05, 3.63) is 30.3 Å². The fourth-order valence-electron chi connectivity index (χ4n) is 1.60. The van der Waals surface area contributed by atoms with Crippen LogP contribution in [0.1, 0.15) is 13.3 Å². The van der Waals surface area contributed by atoms with Gasteiger partial charge >= 0.3 is 5.97 Å². The van der Waals surface area contributed by atoms with Gasteiger partial charge in [-0.2, -0.15) is 0 Å². The van der Waals surface area contributed by atoms with Gasteiger partial charge in [0.05, 0.1) is 6.61 Å². The van der Waals surface area contributed by atoms with Crippen LogP contribution >= 0.6 is 0 Å². The number of ether oxygens (including phenoxy) is 1. The summed E-state index contributed by atoms with van der Waals surface area (Å²) in [5.74, 6) is -0.589. The molecule has 0 aromatic heterocycles. The molecule has 0 fully saturated rings. The zero-order valence-corrected chi connectivity index (χ0v) is 11.5. The highest BCUT2D eigenvalue weighted by molar-refractivity contribution is 5.82. The van der Waals surface area contributed by atoms with E-state index in [0.717, 1.165) is 12.2 Å². The van der Waals surface area contributed by atoms with Gasteiger partial charge in [0.1, 0.15) is 11.8 Å². The van der Waals surface area contributed by atoms with Gasteiger partial charge in [0.2, 0.25) is 5.91 Å². The van der Waals surface area contributed by atoms with E-state index in [2.05, 4.69) is 10.6 Å².